The zero-order valence-electron chi connectivity index (χ0n) is 21.6. The van der Waals surface area contributed by atoms with Crippen LogP contribution < -0.4 is 4.90 Å². The van der Waals surface area contributed by atoms with Crippen LogP contribution in [0, 0.1) is 23.7 Å². The maximum Gasteiger partial charge on any atom is 0.161 e. The van der Waals surface area contributed by atoms with Gasteiger partial charge in [-0.05, 0) is 90.6 Å². The fourth-order valence-electron chi connectivity index (χ4n) is 7.48. The second-order valence-corrected chi connectivity index (χ2v) is 11.5. The first-order chi connectivity index (χ1) is 18.0. The molecule has 2 unspecified atom stereocenters. The van der Waals surface area contributed by atoms with Crippen molar-refractivity contribution < 1.29 is 14.3 Å². The number of fused-ring (bicyclic) bond motifs is 3. The number of hydrogen-bond donors (Lipinski definition) is 0. The van der Waals surface area contributed by atoms with Crippen LogP contribution in [0.2, 0.25) is 0 Å². The topological polar surface area (TPSA) is 42.1 Å². The van der Waals surface area contributed by atoms with Gasteiger partial charge in [-0.2, -0.15) is 0 Å². The van der Waals surface area contributed by atoms with Crippen molar-refractivity contribution in [1.29, 1.82) is 0 Å². The standard InChI is InChI=1S/C33H33NO3/c1-34(2)25-11-8-23(9-12-25)31-30-27-15-13-26(35)20-24(27)10-14-28(30)29-17-19-32(33(29,37-32)21-36-31)18-16-22-6-4-3-5-7-22/h3-9,11-12,20,28-29,31H,10,13-15,17,19,21H2,1-2H3/t28?,29?,31-,32+,33-/m1/s1. The van der Waals surface area contributed by atoms with Crippen LogP contribution in [-0.2, 0) is 14.3 Å². The molecule has 2 aliphatic heterocycles. The molecule has 2 heterocycles. The fourth-order valence-corrected chi connectivity index (χ4v) is 7.48. The van der Waals surface area contributed by atoms with E-state index < -0.39 is 5.60 Å². The van der Waals surface area contributed by atoms with Gasteiger partial charge in [-0.3, -0.25) is 4.79 Å². The van der Waals surface area contributed by atoms with E-state index in [4.69, 9.17) is 9.47 Å². The molecular weight excluding hydrogens is 458 g/mol. The Bertz CT molecular complexity index is 1380. The molecule has 37 heavy (non-hydrogen) atoms. The van der Waals surface area contributed by atoms with Crippen LogP contribution in [0.15, 0.2) is 77.4 Å². The number of anilines is 1. The Morgan fingerprint density at radius 1 is 0.973 bits per heavy atom. The molecule has 4 nitrogen and oxygen atoms in total. The Kier molecular flexibility index (Phi) is 5.26. The average Bonchev–Trinajstić information content (AvgIpc) is 3.50. The molecule has 5 atom stereocenters. The lowest BCUT2D eigenvalue weighted by molar-refractivity contribution is -0.114. The highest BCUT2D eigenvalue weighted by Gasteiger charge is 2.78. The van der Waals surface area contributed by atoms with Gasteiger partial charge < -0.3 is 14.4 Å². The molecule has 1 spiro atoms. The summed E-state index contributed by atoms with van der Waals surface area (Å²) in [6.07, 6.45) is 7.31. The predicted molar refractivity (Wildman–Crippen MR) is 144 cm³/mol. The lowest BCUT2D eigenvalue weighted by Gasteiger charge is -2.37. The number of carbonyl (C=O) groups is 1. The smallest absolute Gasteiger partial charge is 0.161 e. The van der Waals surface area contributed by atoms with Crippen LogP contribution in [0.1, 0.15) is 55.8 Å². The Balaban J connectivity index is 1.31. The zero-order chi connectivity index (χ0) is 25.2. The summed E-state index contributed by atoms with van der Waals surface area (Å²) >= 11 is 0. The second-order valence-electron chi connectivity index (χ2n) is 11.5. The highest BCUT2D eigenvalue weighted by atomic mass is 16.7. The van der Waals surface area contributed by atoms with Gasteiger partial charge in [0.1, 0.15) is 11.7 Å². The van der Waals surface area contributed by atoms with Crippen molar-refractivity contribution in [2.24, 2.45) is 11.8 Å². The first-order valence-electron chi connectivity index (χ1n) is 13.6. The first-order valence-corrected chi connectivity index (χ1v) is 13.6. The predicted octanol–water partition coefficient (Wildman–Crippen LogP) is 5.79. The third-order valence-electron chi connectivity index (χ3n) is 9.35. The number of nitrogens with zero attached hydrogens (tertiary/aromatic N) is 1. The average molecular weight is 492 g/mol. The van der Waals surface area contributed by atoms with Gasteiger partial charge in [0, 0.05) is 37.7 Å². The number of benzene rings is 2. The molecule has 0 bridgehead atoms. The van der Waals surface area contributed by atoms with Crippen LogP contribution in [-0.4, -0.2) is 37.7 Å². The van der Waals surface area contributed by atoms with E-state index in [9.17, 15) is 4.79 Å². The molecular formula is C33H33NO3. The lowest BCUT2D eigenvalue weighted by atomic mass is 9.66. The molecule has 1 saturated carbocycles. The van der Waals surface area contributed by atoms with Crippen LogP contribution in [0.3, 0.4) is 0 Å². The summed E-state index contributed by atoms with van der Waals surface area (Å²) in [7, 11) is 4.13. The van der Waals surface area contributed by atoms with Crippen molar-refractivity contribution in [2.45, 2.75) is 55.8 Å². The van der Waals surface area contributed by atoms with Crippen LogP contribution in [0.25, 0.3) is 0 Å². The van der Waals surface area contributed by atoms with Crippen LogP contribution in [0.5, 0.6) is 0 Å². The summed E-state index contributed by atoms with van der Waals surface area (Å²) in [5, 5.41) is 0. The van der Waals surface area contributed by atoms with Gasteiger partial charge >= 0.3 is 0 Å². The second kappa shape index (κ2) is 8.45. The highest BCUT2D eigenvalue weighted by Crippen LogP contribution is 2.68. The van der Waals surface area contributed by atoms with Crippen molar-refractivity contribution in [3.8, 4) is 11.8 Å². The minimum Gasteiger partial charge on any atom is -0.378 e. The minimum atomic E-state index is -0.411. The van der Waals surface area contributed by atoms with Gasteiger partial charge in [0.25, 0.3) is 0 Å². The van der Waals surface area contributed by atoms with Crippen molar-refractivity contribution in [2.75, 3.05) is 25.6 Å². The molecule has 7 rings (SSSR count). The summed E-state index contributed by atoms with van der Waals surface area (Å²) < 4.78 is 13.6. The van der Waals surface area contributed by atoms with E-state index in [1.165, 1.54) is 28.0 Å². The van der Waals surface area contributed by atoms with E-state index >= 15 is 0 Å². The number of carbonyl (C=O) groups excluding carboxylic acids is 1. The van der Waals surface area contributed by atoms with E-state index in [0.717, 1.165) is 37.7 Å². The number of ether oxygens (including phenoxy) is 2. The molecule has 5 aliphatic rings. The highest BCUT2D eigenvalue weighted by molar-refractivity contribution is 5.93. The molecule has 2 aromatic rings. The molecule has 188 valence electrons. The van der Waals surface area contributed by atoms with Crippen molar-refractivity contribution in [3.63, 3.8) is 0 Å². The molecule has 2 aromatic carbocycles. The third kappa shape index (κ3) is 3.55. The molecule has 3 fully saturated rings. The quantitative estimate of drug-likeness (QED) is 0.394. The normalized spacial score (nSPS) is 33.6. The van der Waals surface area contributed by atoms with E-state index in [2.05, 4.69) is 67.2 Å². The lowest BCUT2D eigenvalue weighted by Crippen LogP contribution is -2.35. The molecule has 4 heteroatoms. The molecule has 0 amide bonds. The zero-order valence-corrected chi connectivity index (χ0v) is 21.6. The van der Waals surface area contributed by atoms with E-state index in [-0.39, 0.29) is 17.5 Å². The maximum absolute atomic E-state index is 12.3. The van der Waals surface area contributed by atoms with Gasteiger partial charge in [-0.15, -0.1) is 0 Å². The van der Waals surface area contributed by atoms with Gasteiger partial charge in [0.2, 0.25) is 0 Å². The summed E-state index contributed by atoms with van der Waals surface area (Å²) in [6, 6.07) is 19.0. The molecule has 3 aliphatic carbocycles. The number of rotatable bonds is 2. The van der Waals surface area contributed by atoms with Crippen molar-refractivity contribution in [3.05, 3.63) is 88.5 Å². The van der Waals surface area contributed by atoms with Crippen LogP contribution in [0.4, 0.5) is 5.69 Å². The molecule has 2 saturated heterocycles. The SMILES string of the molecule is CN(C)c1ccc([C@H]2OC[C@]34O[C@@]3(C#Cc3ccccc3)CCC4C3CCC4=CC(=O)CCC4=C32)cc1. The number of ketones is 1. The van der Waals surface area contributed by atoms with Crippen molar-refractivity contribution >= 4 is 11.5 Å². The summed E-state index contributed by atoms with van der Waals surface area (Å²) in [4.78, 5) is 14.4. The van der Waals surface area contributed by atoms with Gasteiger partial charge in [0.05, 0.1) is 6.61 Å². The molecule has 0 aromatic heterocycles. The monoisotopic (exact) mass is 491 g/mol. The Hall–Kier alpha value is -3.13. The van der Waals surface area contributed by atoms with Crippen LogP contribution >= 0.6 is 0 Å². The van der Waals surface area contributed by atoms with E-state index in [0.29, 0.717) is 24.9 Å². The Morgan fingerprint density at radius 3 is 2.57 bits per heavy atom. The summed E-state index contributed by atoms with van der Waals surface area (Å²) in [5.74, 6) is 8.02. The third-order valence-corrected chi connectivity index (χ3v) is 9.35. The first kappa shape index (κ1) is 23.0. The summed E-state index contributed by atoms with van der Waals surface area (Å²) in [6.45, 7) is 0.562. The van der Waals surface area contributed by atoms with Crippen molar-refractivity contribution in [1.82, 2.24) is 0 Å². The Labute approximate surface area is 219 Å². The number of epoxide rings is 1. The molecule has 0 N–H and O–H groups in total. The summed E-state index contributed by atoms with van der Waals surface area (Å²) in [5.41, 5.74) is 6.67. The largest absolute Gasteiger partial charge is 0.378 e. The van der Waals surface area contributed by atoms with Gasteiger partial charge in [-0.1, -0.05) is 42.2 Å². The van der Waals surface area contributed by atoms with E-state index in [1.807, 2.05) is 24.3 Å². The van der Waals surface area contributed by atoms with E-state index in [1.54, 1.807) is 0 Å². The number of allylic oxidation sites excluding steroid dienone is 3. The van der Waals surface area contributed by atoms with Gasteiger partial charge in [-0.25, -0.2) is 0 Å². The number of hydrogen-bond acceptors (Lipinski definition) is 4. The van der Waals surface area contributed by atoms with Gasteiger partial charge in [0.15, 0.2) is 11.4 Å². The minimum absolute atomic E-state index is 0.114. The molecule has 0 radical (unpaired) electrons. The fraction of sp³-hybridized carbons (Fsp3) is 0.424. The Morgan fingerprint density at radius 2 is 1.78 bits per heavy atom. The maximum atomic E-state index is 12.3.